The predicted octanol–water partition coefficient (Wildman–Crippen LogP) is 1.93. The van der Waals surface area contributed by atoms with Crippen LogP contribution in [0.15, 0.2) is 0 Å². The topological polar surface area (TPSA) is 29.1 Å². The number of carbonyl (C=O) groups is 1. The molecule has 3 fully saturated rings. The molecular weight excluding hydrogens is 242 g/mol. The first-order valence-electron chi connectivity index (χ1n) is 5.63. The van der Waals surface area contributed by atoms with Gasteiger partial charge in [-0.3, -0.25) is 4.79 Å². The van der Waals surface area contributed by atoms with Gasteiger partial charge in [-0.05, 0) is 49.9 Å². The van der Waals surface area contributed by atoms with Gasteiger partial charge in [-0.15, -0.1) is 0 Å². The van der Waals surface area contributed by atoms with Crippen molar-refractivity contribution in [2.45, 2.75) is 37.1 Å². The van der Waals surface area contributed by atoms with Gasteiger partial charge in [0.1, 0.15) is 0 Å². The number of alkyl halides is 1. The van der Waals surface area contributed by atoms with Crippen LogP contribution < -0.4 is 5.32 Å². The van der Waals surface area contributed by atoms with Gasteiger partial charge in [0.05, 0.1) is 4.83 Å². The Morgan fingerprint density at radius 3 is 2.43 bits per heavy atom. The molecule has 14 heavy (non-hydrogen) atoms. The lowest BCUT2D eigenvalue weighted by Gasteiger charge is -2.11. The van der Waals surface area contributed by atoms with E-state index in [1.165, 1.54) is 19.3 Å². The van der Waals surface area contributed by atoms with Crippen molar-refractivity contribution >= 4 is 21.8 Å². The summed E-state index contributed by atoms with van der Waals surface area (Å²) in [6, 6.07) is 0.536. The largest absolute Gasteiger partial charge is 0.352 e. The molecule has 0 aromatic carbocycles. The summed E-state index contributed by atoms with van der Waals surface area (Å²) in [5.74, 6) is 3.76. The highest BCUT2D eigenvalue weighted by atomic mass is 79.9. The van der Waals surface area contributed by atoms with Crippen molar-refractivity contribution in [1.29, 1.82) is 0 Å². The number of carbonyl (C=O) groups excluding carboxylic acids is 1. The number of rotatable bonds is 2. The molecule has 3 heteroatoms. The van der Waals surface area contributed by atoms with E-state index in [4.69, 9.17) is 0 Å². The van der Waals surface area contributed by atoms with Crippen LogP contribution in [0.4, 0.5) is 0 Å². The summed E-state index contributed by atoms with van der Waals surface area (Å²) in [6.45, 7) is 1.89. The maximum absolute atomic E-state index is 11.5. The van der Waals surface area contributed by atoms with Crippen LogP contribution in [0.1, 0.15) is 26.2 Å². The van der Waals surface area contributed by atoms with Crippen LogP contribution in [-0.2, 0) is 4.79 Å². The van der Waals surface area contributed by atoms with Crippen LogP contribution in [0.3, 0.4) is 0 Å². The molecule has 78 valence electrons. The fourth-order valence-corrected chi connectivity index (χ4v) is 3.93. The fourth-order valence-electron chi connectivity index (χ4n) is 3.80. The van der Waals surface area contributed by atoms with Crippen LogP contribution >= 0.6 is 15.9 Å². The quantitative estimate of drug-likeness (QED) is 0.753. The van der Waals surface area contributed by atoms with Crippen LogP contribution in [0.2, 0.25) is 0 Å². The van der Waals surface area contributed by atoms with Gasteiger partial charge in [-0.1, -0.05) is 15.9 Å². The lowest BCUT2D eigenvalue weighted by Crippen LogP contribution is -2.34. The van der Waals surface area contributed by atoms with E-state index < -0.39 is 0 Å². The zero-order valence-corrected chi connectivity index (χ0v) is 9.96. The Labute approximate surface area is 93.0 Å². The zero-order valence-electron chi connectivity index (χ0n) is 8.37. The van der Waals surface area contributed by atoms with Crippen molar-refractivity contribution in [3.05, 3.63) is 0 Å². The third-order valence-corrected chi connectivity index (χ3v) is 4.82. The average molecular weight is 258 g/mol. The molecule has 1 N–H and O–H groups in total. The lowest BCUT2D eigenvalue weighted by molar-refractivity contribution is -0.120. The summed E-state index contributed by atoms with van der Waals surface area (Å²) < 4.78 is 0. The summed E-state index contributed by atoms with van der Waals surface area (Å²) in [5, 5.41) is 3.17. The second kappa shape index (κ2) is 2.97. The number of hydrogen-bond acceptors (Lipinski definition) is 1. The highest BCUT2D eigenvalue weighted by Gasteiger charge is 2.65. The minimum Gasteiger partial charge on any atom is -0.352 e. The van der Waals surface area contributed by atoms with Gasteiger partial charge in [-0.25, -0.2) is 0 Å². The molecule has 3 aliphatic rings. The smallest absolute Gasteiger partial charge is 0.233 e. The first-order chi connectivity index (χ1) is 6.68. The number of fused-ring (bicyclic) bond motifs is 5. The van der Waals surface area contributed by atoms with Crippen molar-refractivity contribution in [3.63, 3.8) is 0 Å². The molecule has 0 heterocycles. The van der Waals surface area contributed by atoms with Crippen molar-refractivity contribution in [2.24, 2.45) is 23.7 Å². The Balaban J connectivity index is 1.61. The van der Waals surface area contributed by atoms with Gasteiger partial charge in [-0.2, -0.15) is 0 Å². The fraction of sp³-hybridized carbons (Fsp3) is 0.909. The monoisotopic (exact) mass is 257 g/mol. The molecule has 0 saturated heterocycles. The first-order valence-corrected chi connectivity index (χ1v) is 6.54. The molecule has 3 saturated carbocycles. The van der Waals surface area contributed by atoms with Gasteiger partial charge in [0.15, 0.2) is 0 Å². The van der Waals surface area contributed by atoms with Crippen molar-refractivity contribution in [2.75, 3.05) is 0 Å². The Bertz CT molecular complexity index is 262. The molecule has 0 radical (unpaired) electrons. The molecule has 0 aliphatic heterocycles. The summed E-state index contributed by atoms with van der Waals surface area (Å²) in [5.41, 5.74) is 0. The third-order valence-electron chi connectivity index (χ3n) is 4.41. The van der Waals surface area contributed by atoms with Crippen molar-refractivity contribution in [1.82, 2.24) is 5.32 Å². The molecule has 3 aliphatic carbocycles. The second-order valence-corrected chi connectivity index (χ2v) is 6.51. The van der Waals surface area contributed by atoms with Gasteiger partial charge in [0, 0.05) is 6.04 Å². The zero-order chi connectivity index (χ0) is 9.87. The van der Waals surface area contributed by atoms with E-state index in [2.05, 4.69) is 21.2 Å². The van der Waals surface area contributed by atoms with E-state index in [-0.39, 0.29) is 10.7 Å². The summed E-state index contributed by atoms with van der Waals surface area (Å²) >= 11 is 3.31. The molecule has 1 amide bonds. The van der Waals surface area contributed by atoms with Gasteiger partial charge in [0.2, 0.25) is 5.91 Å². The number of halogens is 1. The molecule has 5 atom stereocenters. The Morgan fingerprint density at radius 1 is 1.36 bits per heavy atom. The maximum atomic E-state index is 11.5. The second-order valence-electron chi connectivity index (χ2n) is 5.14. The highest BCUT2D eigenvalue weighted by Crippen LogP contribution is 2.65. The van der Waals surface area contributed by atoms with E-state index in [0.717, 1.165) is 23.7 Å². The standard InChI is InChI=1S/C11H16BrNO/c1-5(12)11(14)13-10-8-6-2-3-7(4-6)9(8)10/h5-10H,2-4H2,1H3,(H,13,14). The molecule has 3 rings (SSSR count). The van der Waals surface area contributed by atoms with E-state index in [0.29, 0.717) is 6.04 Å². The van der Waals surface area contributed by atoms with E-state index in [9.17, 15) is 4.79 Å². The highest BCUT2D eigenvalue weighted by molar-refractivity contribution is 9.10. The molecule has 0 aromatic rings. The normalized spacial score (nSPS) is 50.0. The van der Waals surface area contributed by atoms with Gasteiger partial charge < -0.3 is 5.32 Å². The molecule has 2 nitrogen and oxygen atoms in total. The van der Waals surface area contributed by atoms with E-state index in [1.807, 2.05) is 6.92 Å². The SMILES string of the molecule is CC(Br)C(=O)NC1C2C3CCC(C3)C12. The Hall–Kier alpha value is -0.0500. The van der Waals surface area contributed by atoms with E-state index in [1.54, 1.807) is 0 Å². The van der Waals surface area contributed by atoms with Crippen LogP contribution in [0.25, 0.3) is 0 Å². The molecular formula is C11H16BrNO. The van der Waals surface area contributed by atoms with Crippen LogP contribution in [0.5, 0.6) is 0 Å². The van der Waals surface area contributed by atoms with E-state index >= 15 is 0 Å². The first kappa shape index (κ1) is 9.20. The van der Waals surface area contributed by atoms with Crippen LogP contribution in [-0.4, -0.2) is 16.8 Å². The Morgan fingerprint density at radius 2 is 1.93 bits per heavy atom. The van der Waals surface area contributed by atoms with Crippen molar-refractivity contribution < 1.29 is 4.79 Å². The number of amides is 1. The maximum Gasteiger partial charge on any atom is 0.233 e. The van der Waals surface area contributed by atoms with Crippen LogP contribution in [0, 0.1) is 23.7 Å². The Kier molecular flexibility index (Phi) is 1.95. The number of hydrogen-bond donors (Lipinski definition) is 1. The third kappa shape index (κ3) is 1.17. The minimum atomic E-state index is -0.0403. The van der Waals surface area contributed by atoms with Gasteiger partial charge >= 0.3 is 0 Å². The average Bonchev–Trinajstić information content (AvgIpc) is 2.59. The minimum absolute atomic E-state index is 0.0403. The summed E-state index contributed by atoms with van der Waals surface area (Å²) in [4.78, 5) is 11.5. The molecule has 0 aromatic heterocycles. The molecule has 5 unspecified atom stereocenters. The van der Waals surface area contributed by atoms with Crippen molar-refractivity contribution in [3.8, 4) is 0 Å². The lowest BCUT2D eigenvalue weighted by atomic mass is 10.0. The number of nitrogens with one attached hydrogen (secondary N) is 1. The molecule has 2 bridgehead atoms. The summed E-state index contributed by atoms with van der Waals surface area (Å²) in [6.07, 6.45) is 4.29. The van der Waals surface area contributed by atoms with Gasteiger partial charge in [0.25, 0.3) is 0 Å². The summed E-state index contributed by atoms with van der Waals surface area (Å²) in [7, 11) is 0. The molecule has 0 spiro atoms. The predicted molar refractivity (Wildman–Crippen MR) is 58.1 cm³/mol.